The van der Waals surface area contributed by atoms with Gasteiger partial charge in [0.05, 0.1) is 6.61 Å². The number of esters is 1. The fourth-order valence-electron chi connectivity index (χ4n) is 3.15. The maximum absolute atomic E-state index is 12.2. The quantitative estimate of drug-likeness (QED) is 0.567. The van der Waals surface area contributed by atoms with Crippen molar-refractivity contribution in [3.8, 4) is 12.3 Å². The standard InChI is InChI=1S/C18H23N5O3/c1-3-5-9-18(21-22-18)10-8-16(24)19-13-6-7-15-20-14(12-23(15)11-13)17(25)26-4-2/h1,12-13H,4-11H2,2H3,(H,19,24). The molecule has 1 unspecified atom stereocenters. The molecule has 0 bridgehead atoms. The van der Waals surface area contributed by atoms with Gasteiger partial charge in [0.25, 0.3) is 0 Å². The highest BCUT2D eigenvalue weighted by atomic mass is 16.5. The predicted octanol–water partition coefficient (Wildman–Crippen LogP) is 1.85. The molecule has 1 N–H and O–H groups in total. The molecule has 2 aliphatic rings. The summed E-state index contributed by atoms with van der Waals surface area (Å²) in [5.74, 6) is 3.01. The van der Waals surface area contributed by atoms with Crippen LogP contribution in [0.2, 0.25) is 0 Å². The molecular formula is C18H23N5O3. The normalized spacial score (nSPS) is 19.3. The fraction of sp³-hybridized carbons (Fsp3) is 0.611. The Morgan fingerprint density at radius 1 is 1.46 bits per heavy atom. The number of nitrogens with one attached hydrogen (secondary N) is 1. The van der Waals surface area contributed by atoms with Crippen LogP contribution in [0.15, 0.2) is 16.4 Å². The first-order valence-corrected chi connectivity index (χ1v) is 8.95. The zero-order valence-electron chi connectivity index (χ0n) is 14.9. The van der Waals surface area contributed by atoms with Gasteiger partial charge in [0.2, 0.25) is 5.91 Å². The highest BCUT2D eigenvalue weighted by Gasteiger charge is 2.39. The summed E-state index contributed by atoms with van der Waals surface area (Å²) in [7, 11) is 0. The number of fused-ring (bicyclic) bond motifs is 1. The van der Waals surface area contributed by atoms with Crippen molar-refractivity contribution in [1.82, 2.24) is 14.9 Å². The Balaban J connectivity index is 1.47. The van der Waals surface area contributed by atoms with Crippen LogP contribution in [0, 0.1) is 12.3 Å². The molecule has 1 aromatic rings. The lowest BCUT2D eigenvalue weighted by Gasteiger charge is -2.24. The molecule has 3 rings (SSSR count). The summed E-state index contributed by atoms with van der Waals surface area (Å²) in [6.07, 6.45) is 10.8. The summed E-state index contributed by atoms with van der Waals surface area (Å²) in [5.41, 5.74) is -0.108. The molecule has 8 heteroatoms. The third kappa shape index (κ3) is 4.28. The third-order valence-electron chi connectivity index (χ3n) is 4.65. The Morgan fingerprint density at radius 2 is 2.27 bits per heavy atom. The Kier molecular flexibility index (Phi) is 5.35. The van der Waals surface area contributed by atoms with Crippen LogP contribution < -0.4 is 5.32 Å². The zero-order chi connectivity index (χ0) is 18.6. The number of hydrogen-bond donors (Lipinski definition) is 1. The predicted molar refractivity (Wildman–Crippen MR) is 93.3 cm³/mol. The molecule has 0 aliphatic carbocycles. The topological polar surface area (TPSA) is 97.9 Å². The van der Waals surface area contributed by atoms with Crippen LogP contribution in [0.25, 0.3) is 0 Å². The number of carbonyl (C=O) groups is 2. The van der Waals surface area contributed by atoms with Crippen molar-refractivity contribution in [1.29, 1.82) is 0 Å². The molecule has 0 saturated heterocycles. The molecule has 138 valence electrons. The van der Waals surface area contributed by atoms with Gasteiger partial charge in [-0.1, -0.05) is 0 Å². The second-order valence-electron chi connectivity index (χ2n) is 6.60. The maximum atomic E-state index is 12.2. The second kappa shape index (κ2) is 7.68. The van der Waals surface area contributed by atoms with E-state index < -0.39 is 11.6 Å². The van der Waals surface area contributed by atoms with Crippen LogP contribution >= 0.6 is 0 Å². The van der Waals surface area contributed by atoms with Crippen molar-refractivity contribution in [2.75, 3.05) is 6.61 Å². The van der Waals surface area contributed by atoms with Gasteiger partial charge in [-0.25, -0.2) is 9.78 Å². The van der Waals surface area contributed by atoms with Gasteiger partial charge in [-0.15, -0.1) is 12.3 Å². The van der Waals surface area contributed by atoms with E-state index in [4.69, 9.17) is 11.2 Å². The summed E-state index contributed by atoms with van der Waals surface area (Å²) in [5, 5.41) is 11.1. The first kappa shape index (κ1) is 18.1. The minimum Gasteiger partial charge on any atom is -0.461 e. The molecule has 0 spiro atoms. The van der Waals surface area contributed by atoms with Gasteiger partial charge in [0, 0.05) is 50.9 Å². The van der Waals surface area contributed by atoms with Crippen LogP contribution in [0.5, 0.6) is 0 Å². The van der Waals surface area contributed by atoms with Gasteiger partial charge in [0.15, 0.2) is 11.4 Å². The van der Waals surface area contributed by atoms with Gasteiger partial charge < -0.3 is 14.6 Å². The Bertz CT molecular complexity index is 755. The number of terminal acetylenes is 1. The van der Waals surface area contributed by atoms with E-state index in [-0.39, 0.29) is 11.9 Å². The molecule has 1 amide bonds. The Morgan fingerprint density at radius 3 is 2.96 bits per heavy atom. The molecule has 1 aromatic heterocycles. The largest absolute Gasteiger partial charge is 0.461 e. The van der Waals surface area contributed by atoms with Gasteiger partial charge in [-0.05, 0) is 13.3 Å². The number of amides is 1. The van der Waals surface area contributed by atoms with E-state index in [1.165, 1.54) is 0 Å². The first-order valence-electron chi connectivity index (χ1n) is 8.95. The van der Waals surface area contributed by atoms with Crippen molar-refractivity contribution >= 4 is 11.9 Å². The third-order valence-corrected chi connectivity index (χ3v) is 4.65. The fourth-order valence-corrected chi connectivity index (χ4v) is 3.15. The Labute approximate surface area is 152 Å². The monoisotopic (exact) mass is 357 g/mol. The van der Waals surface area contributed by atoms with E-state index >= 15 is 0 Å². The van der Waals surface area contributed by atoms with Gasteiger partial charge in [-0.2, -0.15) is 10.2 Å². The molecule has 0 radical (unpaired) electrons. The van der Waals surface area contributed by atoms with Crippen molar-refractivity contribution in [3.05, 3.63) is 17.7 Å². The summed E-state index contributed by atoms with van der Waals surface area (Å²) in [4.78, 5) is 28.3. The van der Waals surface area contributed by atoms with E-state index in [1.807, 2.05) is 4.57 Å². The molecule has 1 atom stereocenters. The first-order chi connectivity index (χ1) is 12.5. The average Bonchev–Trinajstić information content (AvgIpc) is 3.27. The SMILES string of the molecule is C#CCCC1(CCC(=O)NC2CCc3nc(C(=O)OCC)cn3C2)N=N1. The lowest BCUT2D eigenvalue weighted by molar-refractivity contribution is -0.122. The van der Waals surface area contributed by atoms with Gasteiger partial charge in [-0.3, -0.25) is 4.79 Å². The second-order valence-corrected chi connectivity index (χ2v) is 6.60. The molecule has 3 heterocycles. The van der Waals surface area contributed by atoms with Crippen LogP contribution in [-0.4, -0.2) is 39.7 Å². The minimum absolute atomic E-state index is 0.0124. The number of carbonyl (C=O) groups excluding carboxylic acids is 2. The lowest BCUT2D eigenvalue weighted by atomic mass is 10.0. The van der Waals surface area contributed by atoms with Gasteiger partial charge in [0.1, 0.15) is 5.82 Å². The highest BCUT2D eigenvalue weighted by Crippen LogP contribution is 2.37. The smallest absolute Gasteiger partial charge is 0.358 e. The number of aryl methyl sites for hydroxylation is 1. The molecule has 0 aromatic carbocycles. The minimum atomic E-state index is -0.428. The summed E-state index contributed by atoms with van der Waals surface area (Å²) >= 11 is 0. The molecule has 8 nitrogen and oxygen atoms in total. The van der Waals surface area contributed by atoms with E-state index in [9.17, 15) is 9.59 Å². The van der Waals surface area contributed by atoms with Crippen LogP contribution in [0.4, 0.5) is 0 Å². The highest BCUT2D eigenvalue weighted by molar-refractivity contribution is 5.87. The zero-order valence-corrected chi connectivity index (χ0v) is 14.9. The maximum Gasteiger partial charge on any atom is 0.358 e. The summed E-state index contributed by atoms with van der Waals surface area (Å²) < 4.78 is 6.90. The van der Waals surface area contributed by atoms with E-state index in [0.717, 1.165) is 12.2 Å². The van der Waals surface area contributed by atoms with Crippen molar-refractivity contribution in [3.63, 3.8) is 0 Å². The van der Waals surface area contributed by atoms with Crippen molar-refractivity contribution < 1.29 is 14.3 Å². The molecule has 0 saturated carbocycles. The van der Waals surface area contributed by atoms with Crippen LogP contribution in [0.3, 0.4) is 0 Å². The van der Waals surface area contributed by atoms with Crippen LogP contribution in [-0.2, 0) is 22.5 Å². The molecule has 0 fully saturated rings. The summed E-state index contributed by atoms with van der Waals surface area (Å²) in [6, 6.07) is 0.0222. The average molecular weight is 357 g/mol. The Hall–Kier alpha value is -2.69. The number of imidazole rings is 1. The van der Waals surface area contributed by atoms with Crippen molar-refractivity contribution in [2.45, 2.75) is 63.7 Å². The summed E-state index contributed by atoms with van der Waals surface area (Å²) in [6.45, 7) is 2.68. The number of hydrogen-bond acceptors (Lipinski definition) is 6. The molecule has 26 heavy (non-hydrogen) atoms. The lowest BCUT2D eigenvalue weighted by Crippen LogP contribution is -2.41. The van der Waals surface area contributed by atoms with E-state index in [0.29, 0.717) is 50.9 Å². The number of rotatable bonds is 8. The number of ether oxygens (including phenoxy) is 1. The molecular weight excluding hydrogens is 334 g/mol. The number of nitrogens with zero attached hydrogens (tertiary/aromatic N) is 4. The van der Waals surface area contributed by atoms with E-state index in [2.05, 4.69) is 26.4 Å². The van der Waals surface area contributed by atoms with Crippen LogP contribution in [0.1, 0.15) is 55.3 Å². The van der Waals surface area contributed by atoms with Crippen molar-refractivity contribution in [2.24, 2.45) is 10.2 Å². The number of aromatic nitrogens is 2. The van der Waals surface area contributed by atoms with E-state index in [1.54, 1.807) is 13.1 Å². The van der Waals surface area contributed by atoms with Gasteiger partial charge >= 0.3 is 5.97 Å². The molecule has 2 aliphatic heterocycles.